The van der Waals surface area contributed by atoms with Gasteiger partial charge in [0.1, 0.15) is 5.76 Å². The predicted molar refractivity (Wildman–Crippen MR) is 55.7 cm³/mol. The average Bonchev–Trinajstić information content (AvgIpc) is 2.60. The zero-order chi connectivity index (χ0) is 12.1. The summed E-state index contributed by atoms with van der Waals surface area (Å²) >= 11 is 0. The van der Waals surface area contributed by atoms with E-state index < -0.39 is 11.9 Å². The first-order chi connectivity index (χ1) is 7.49. The molecule has 1 heterocycles. The van der Waals surface area contributed by atoms with Gasteiger partial charge >= 0.3 is 5.97 Å². The molecular weight excluding hydrogens is 212 g/mol. The second-order valence-corrected chi connectivity index (χ2v) is 3.63. The van der Waals surface area contributed by atoms with E-state index in [2.05, 4.69) is 10.5 Å². The van der Waals surface area contributed by atoms with Gasteiger partial charge in [-0.05, 0) is 6.92 Å². The van der Waals surface area contributed by atoms with E-state index in [1.165, 1.54) is 0 Å². The van der Waals surface area contributed by atoms with Crippen LogP contribution in [-0.2, 0) is 14.3 Å². The van der Waals surface area contributed by atoms with Crippen molar-refractivity contribution in [1.29, 1.82) is 0 Å². The summed E-state index contributed by atoms with van der Waals surface area (Å²) in [6.07, 6.45) is 0. The molecule has 6 heteroatoms. The minimum absolute atomic E-state index is 0.248. The van der Waals surface area contributed by atoms with Gasteiger partial charge in [0.05, 0.1) is 5.92 Å². The third-order valence-electron chi connectivity index (χ3n) is 1.71. The summed E-state index contributed by atoms with van der Waals surface area (Å²) < 4.78 is 9.49. The van der Waals surface area contributed by atoms with E-state index in [4.69, 9.17) is 9.26 Å². The summed E-state index contributed by atoms with van der Waals surface area (Å²) in [6.45, 7) is 4.78. The van der Waals surface area contributed by atoms with Gasteiger partial charge in [0, 0.05) is 6.07 Å². The molecular formula is C10H14N2O4. The smallest absolute Gasteiger partial charge is 0.308 e. The first-order valence-electron chi connectivity index (χ1n) is 4.89. The SMILES string of the molecule is Cc1cc(NC(=O)COC(=O)C(C)C)no1. The number of amides is 1. The molecule has 1 amide bonds. The monoisotopic (exact) mass is 226 g/mol. The van der Waals surface area contributed by atoms with Crippen molar-refractivity contribution in [3.63, 3.8) is 0 Å². The van der Waals surface area contributed by atoms with Crippen LogP contribution in [0, 0.1) is 12.8 Å². The van der Waals surface area contributed by atoms with Crippen LogP contribution in [0.25, 0.3) is 0 Å². The molecule has 0 aliphatic carbocycles. The highest BCUT2D eigenvalue weighted by Crippen LogP contribution is 2.06. The molecule has 16 heavy (non-hydrogen) atoms. The van der Waals surface area contributed by atoms with Crippen LogP contribution in [0.5, 0.6) is 0 Å². The van der Waals surface area contributed by atoms with E-state index in [0.717, 1.165) is 0 Å². The summed E-state index contributed by atoms with van der Waals surface area (Å²) in [7, 11) is 0. The Morgan fingerprint density at radius 3 is 2.75 bits per heavy atom. The third-order valence-corrected chi connectivity index (χ3v) is 1.71. The van der Waals surface area contributed by atoms with E-state index in [1.807, 2.05) is 0 Å². The molecule has 0 unspecified atom stereocenters. The Kier molecular flexibility index (Phi) is 4.04. The van der Waals surface area contributed by atoms with Crippen molar-refractivity contribution >= 4 is 17.7 Å². The van der Waals surface area contributed by atoms with Crippen molar-refractivity contribution in [2.75, 3.05) is 11.9 Å². The maximum absolute atomic E-state index is 11.3. The first-order valence-corrected chi connectivity index (χ1v) is 4.89. The Balaban J connectivity index is 2.34. The lowest BCUT2D eigenvalue weighted by Gasteiger charge is -2.05. The van der Waals surface area contributed by atoms with Gasteiger partial charge in [-0.3, -0.25) is 9.59 Å². The quantitative estimate of drug-likeness (QED) is 0.778. The average molecular weight is 226 g/mol. The highest BCUT2D eigenvalue weighted by Gasteiger charge is 2.12. The summed E-state index contributed by atoms with van der Waals surface area (Å²) in [5, 5.41) is 6.01. The number of aryl methyl sites for hydroxylation is 1. The fourth-order valence-electron chi connectivity index (χ4n) is 0.908. The van der Waals surface area contributed by atoms with E-state index in [-0.39, 0.29) is 12.5 Å². The number of hydrogen-bond donors (Lipinski definition) is 1. The molecule has 0 aromatic carbocycles. The lowest BCUT2D eigenvalue weighted by molar-refractivity contribution is -0.150. The predicted octanol–water partition coefficient (Wildman–Crippen LogP) is 1.12. The molecule has 0 saturated heterocycles. The lowest BCUT2D eigenvalue weighted by Crippen LogP contribution is -2.22. The molecule has 88 valence electrons. The van der Waals surface area contributed by atoms with Crippen molar-refractivity contribution in [1.82, 2.24) is 5.16 Å². The number of nitrogens with zero attached hydrogens (tertiary/aromatic N) is 1. The van der Waals surface area contributed by atoms with Crippen molar-refractivity contribution < 1.29 is 18.8 Å². The standard InChI is InChI=1S/C10H14N2O4/c1-6(2)10(14)15-5-9(13)11-8-4-7(3)16-12-8/h4,6H,5H2,1-3H3,(H,11,12,13). The summed E-state index contributed by atoms with van der Waals surface area (Å²) in [4.78, 5) is 22.3. The molecule has 0 fully saturated rings. The number of aromatic nitrogens is 1. The molecule has 0 radical (unpaired) electrons. The van der Waals surface area contributed by atoms with Gasteiger partial charge in [-0.15, -0.1) is 0 Å². The van der Waals surface area contributed by atoms with E-state index >= 15 is 0 Å². The zero-order valence-electron chi connectivity index (χ0n) is 9.44. The largest absolute Gasteiger partial charge is 0.455 e. The van der Waals surface area contributed by atoms with Gasteiger partial charge in [0.15, 0.2) is 12.4 Å². The number of nitrogens with one attached hydrogen (secondary N) is 1. The molecule has 0 saturated carbocycles. The maximum atomic E-state index is 11.3. The van der Waals surface area contributed by atoms with E-state index in [1.54, 1.807) is 26.8 Å². The van der Waals surface area contributed by atoms with Crippen LogP contribution in [0.1, 0.15) is 19.6 Å². The van der Waals surface area contributed by atoms with Crippen molar-refractivity contribution in [3.05, 3.63) is 11.8 Å². The van der Waals surface area contributed by atoms with E-state index in [9.17, 15) is 9.59 Å². The summed E-state index contributed by atoms with van der Waals surface area (Å²) in [5.41, 5.74) is 0. The zero-order valence-corrected chi connectivity index (χ0v) is 9.44. The van der Waals surface area contributed by atoms with Gasteiger partial charge < -0.3 is 14.6 Å². The molecule has 1 aromatic heterocycles. The van der Waals surface area contributed by atoms with Crippen molar-refractivity contribution in [2.24, 2.45) is 5.92 Å². The number of carbonyl (C=O) groups excluding carboxylic acids is 2. The first kappa shape index (κ1) is 12.2. The molecule has 1 aromatic rings. The van der Waals surface area contributed by atoms with Crippen LogP contribution in [-0.4, -0.2) is 23.6 Å². The number of carbonyl (C=O) groups is 2. The van der Waals surface area contributed by atoms with Crippen LogP contribution in [0.3, 0.4) is 0 Å². The highest BCUT2D eigenvalue weighted by molar-refractivity contribution is 5.91. The molecule has 0 aliphatic rings. The molecule has 1 rings (SSSR count). The number of rotatable bonds is 4. The molecule has 0 bridgehead atoms. The number of anilines is 1. The third kappa shape index (κ3) is 3.72. The van der Waals surface area contributed by atoms with Crippen LogP contribution in [0.15, 0.2) is 10.6 Å². The Hall–Kier alpha value is -1.85. The molecule has 0 aliphatic heterocycles. The second kappa shape index (κ2) is 5.29. The molecule has 0 atom stereocenters. The van der Waals surface area contributed by atoms with Crippen molar-refractivity contribution in [3.8, 4) is 0 Å². The van der Waals surface area contributed by atoms with Crippen LogP contribution in [0.2, 0.25) is 0 Å². The van der Waals surface area contributed by atoms with Crippen LogP contribution in [0.4, 0.5) is 5.82 Å². The maximum Gasteiger partial charge on any atom is 0.308 e. The summed E-state index contributed by atoms with van der Waals surface area (Å²) in [6, 6.07) is 1.57. The molecule has 0 spiro atoms. The molecule has 1 N–H and O–H groups in total. The lowest BCUT2D eigenvalue weighted by atomic mass is 10.2. The Morgan fingerprint density at radius 2 is 2.25 bits per heavy atom. The molecule has 6 nitrogen and oxygen atoms in total. The number of ether oxygens (including phenoxy) is 1. The topological polar surface area (TPSA) is 81.4 Å². The van der Waals surface area contributed by atoms with Gasteiger partial charge in [-0.25, -0.2) is 0 Å². The minimum atomic E-state index is -0.442. The second-order valence-electron chi connectivity index (χ2n) is 3.63. The Labute approximate surface area is 92.9 Å². The minimum Gasteiger partial charge on any atom is -0.455 e. The fourth-order valence-corrected chi connectivity index (χ4v) is 0.908. The Morgan fingerprint density at radius 1 is 1.56 bits per heavy atom. The van der Waals surface area contributed by atoms with Gasteiger partial charge in [0.25, 0.3) is 5.91 Å². The van der Waals surface area contributed by atoms with E-state index in [0.29, 0.717) is 11.6 Å². The van der Waals surface area contributed by atoms with Gasteiger partial charge in [0.2, 0.25) is 0 Å². The number of hydrogen-bond acceptors (Lipinski definition) is 5. The summed E-state index contributed by atoms with van der Waals surface area (Å²) in [5.74, 6) is -0.201. The van der Waals surface area contributed by atoms with Crippen LogP contribution >= 0.6 is 0 Å². The highest BCUT2D eigenvalue weighted by atomic mass is 16.5. The van der Waals surface area contributed by atoms with Crippen molar-refractivity contribution in [2.45, 2.75) is 20.8 Å². The van der Waals surface area contributed by atoms with Gasteiger partial charge in [-0.1, -0.05) is 19.0 Å². The number of esters is 1. The fraction of sp³-hybridized carbons (Fsp3) is 0.500. The normalized spacial score (nSPS) is 10.2. The van der Waals surface area contributed by atoms with Gasteiger partial charge in [-0.2, -0.15) is 0 Å². The van der Waals surface area contributed by atoms with Crippen LogP contribution < -0.4 is 5.32 Å². The Bertz CT molecular complexity index is 384.